The van der Waals surface area contributed by atoms with Gasteiger partial charge in [0.1, 0.15) is 0 Å². The SMILES string of the molecule is c1ccc(-n2c3ccccc3c3cc(-c4ccc5c(c4)c4c6c(ccc4n5-c4ccc5c(c4)c4ccccc4n5-c4ccccc4)sc4ccccc46)ccc32)cc1. The summed E-state index contributed by atoms with van der Waals surface area (Å²) < 4.78 is 9.90. The quantitative estimate of drug-likeness (QED) is 0.170. The maximum atomic E-state index is 2.49. The van der Waals surface area contributed by atoms with E-state index in [0.717, 1.165) is 5.69 Å². The van der Waals surface area contributed by atoms with Gasteiger partial charge in [-0.15, -0.1) is 11.3 Å². The van der Waals surface area contributed by atoms with Crippen LogP contribution < -0.4 is 0 Å². The number of hydrogen-bond acceptors (Lipinski definition) is 1. The van der Waals surface area contributed by atoms with Gasteiger partial charge < -0.3 is 13.7 Å². The first kappa shape index (κ1) is 31.8. The first-order valence-corrected chi connectivity index (χ1v) is 20.7. The standard InChI is InChI=1S/C54H33N3S/c1-3-13-36(14-4-1)55-45-20-10-7-17-39(45)42-31-34(23-26-47(42)55)35-24-27-49-44(32-35)53-50(29-30-52-54(53)41-19-9-12-22-51(41)58-52)57(49)38-25-28-48-43(33-38)40-18-8-11-21-46(40)56(48)37-15-5-2-6-16-37/h1-33H. The molecule has 13 aromatic rings. The number of benzene rings is 9. The number of rotatable bonds is 4. The molecule has 0 unspecified atom stereocenters. The number of hydrogen-bond donors (Lipinski definition) is 0. The molecule has 0 aliphatic carbocycles. The van der Waals surface area contributed by atoms with Crippen LogP contribution in [0.15, 0.2) is 200 Å². The van der Waals surface area contributed by atoms with E-state index in [1.54, 1.807) is 0 Å². The molecule has 58 heavy (non-hydrogen) atoms. The van der Waals surface area contributed by atoms with Crippen molar-refractivity contribution >= 4 is 96.9 Å². The minimum absolute atomic E-state index is 1.16. The second-order valence-corrected chi connectivity index (χ2v) is 16.4. The third-order valence-electron chi connectivity index (χ3n) is 12.2. The van der Waals surface area contributed by atoms with Crippen LogP contribution in [0.4, 0.5) is 0 Å². The monoisotopic (exact) mass is 755 g/mol. The topological polar surface area (TPSA) is 14.8 Å². The largest absolute Gasteiger partial charge is 0.309 e. The molecule has 0 atom stereocenters. The lowest BCUT2D eigenvalue weighted by molar-refractivity contribution is 1.17. The predicted molar refractivity (Wildman–Crippen MR) is 248 cm³/mol. The van der Waals surface area contributed by atoms with Crippen LogP contribution in [0.2, 0.25) is 0 Å². The average Bonchev–Trinajstić information content (AvgIpc) is 4.02. The number of fused-ring (bicyclic) bond motifs is 13. The van der Waals surface area contributed by atoms with E-state index in [9.17, 15) is 0 Å². The summed E-state index contributed by atoms with van der Waals surface area (Å²) in [7, 11) is 0. The van der Waals surface area contributed by atoms with Crippen LogP contribution in [0.5, 0.6) is 0 Å². The lowest BCUT2D eigenvalue weighted by Crippen LogP contribution is -1.95. The van der Waals surface area contributed by atoms with Crippen molar-refractivity contribution in [2.75, 3.05) is 0 Å². The Morgan fingerprint density at radius 1 is 0.259 bits per heavy atom. The fraction of sp³-hybridized carbons (Fsp3) is 0. The highest BCUT2D eigenvalue weighted by Gasteiger charge is 2.21. The molecule has 3 nitrogen and oxygen atoms in total. The molecule has 0 spiro atoms. The van der Waals surface area contributed by atoms with Gasteiger partial charge >= 0.3 is 0 Å². The molecule has 0 bridgehead atoms. The van der Waals surface area contributed by atoms with E-state index < -0.39 is 0 Å². The molecule has 0 saturated heterocycles. The molecule has 0 aliphatic rings. The van der Waals surface area contributed by atoms with Crippen molar-refractivity contribution in [3.8, 4) is 28.2 Å². The van der Waals surface area contributed by atoms with Crippen molar-refractivity contribution in [3.05, 3.63) is 200 Å². The van der Waals surface area contributed by atoms with E-state index in [-0.39, 0.29) is 0 Å². The Kier molecular flexibility index (Phi) is 6.60. The fourth-order valence-corrected chi connectivity index (χ4v) is 10.9. The predicted octanol–water partition coefficient (Wildman–Crippen LogP) is 15.0. The lowest BCUT2D eigenvalue weighted by Gasteiger charge is -2.11. The molecule has 4 aromatic heterocycles. The van der Waals surface area contributed by atoms with Gasteiger partial charge in [0.05, 0.1) is 33.1 Å². The van der Waals surface area contributed by atoms with Crippen molar-refractivity contribution in [1.82, 2.24) is 13.7 Å². The van der Waals surface area contributed by atoms with E-state index in [4.69, 9.17) is 0 Å². The average molecular weight is 756 g/mol. The maximum absolute atomic E-state index is 2.49. The molecular formula is C54H33N3S. The summed E-state index contributed by atoms with van der Waals surface area (Å²) in [5.41, 5.74) is 13.2. The molecule has 270 valence electrons. The van der Waals surface area contributed by atoms with E-state index >= 15 is 0 Å². The van der Waals surface area contributed by atoms with Crippen LogP contribution in [0.25, 0.3) is 114 Å². The molecule has 0 saturated carbocycles. The van der Waals surface area contributed by atoms with Crippen molar-refractivity contribution in [3.63, 3.8) is 0 Å². The highest BCUT2D eigenvalue weighted by Crippen LogP contribution is 2.45. The van der Waals surface area contributed by atoms with Gasteiger partial charge in [0.2, 0.25) is 0 Å². The van der Waals surface area contributed by atoms with Crippen LogP contribution >= 0.6 is 11.3 Å². The molecule has 13 rings (SSSR count). The summed E-state index contributed by atoms with van der Waals surface area (Å²) in [6.07, 6.45) is 0. The van der Waals surface area contributed by atoms with Gasteiger partial charge in [-0.1, -0.05) is 103 Å². The second kappa shape index (κ2) is 12.1. The fourth-order valence-electron chi connectivity index (χ4n) is 9.75. The molecule has 4 heteroatoms. The number of thiophene rings is 1. The summed E-state index contributed by atoms with van der Waals surface area (Å²) in [6, 6.07) is 73.6. The normalized spacial score (nSPS) is 12.1. The summed E-state index contributed by atoms with van der Waals surface area (Å²) in [4.78, 5) is 0. The van der Waals surface area contributed by atoms with E-state index in [0.29, 0.717) is 0 Å². The second-order valence-electron chi connectivity index (χ2n) is 15.3. The van der Waals surface area contributed by atoms with Gasteiger partial charge in [-0.05, 0) is 108 Å². The third-order valence-corrected chi connectivity index (χ3v) is 13.4. The van der Waals surface area contributed by atoms with E-state index in [2.05, 4.69) is 214 Å². The molecule has 0 radical (unpaired) electrons. The Morgan fingerprint density at radius 3 is 1.38 bits per heavy atom. The summed E-state index contributed by atoms with van der Waals surface area (Å²) in [6.45, 7) is 0. The Balaban J connectivity index is 1.08. The van der Waals surface area contributed by atoms with Gasteiger partial charge in [0, 0.05) is 69.6 Å². The van der Waals surface area contributed by atoms with Crippen LogP contribution in [-0.4, -0.2) is 13.7 Å². The summed E-state index contributed by atoms with van der Waals surface area (Å²) in [5, 5.41) is 10.2. The third kappa shape index (κ3) is 4.43. The highest BCUT2D eigenvalue weighted by molar-refractivity contribution is 7.26. The Labute approximate surface area is 337 Å². The molecule has 4 heterocycles. The number of para-hydroxylation sites is 4. The van der Waals surface area contributed by atoms with Crippen molar-refractivity contribution in [2.45, 2.75) is 0 Å². The van der Waals surface area contributed by atoms with Crippen molar-refractivity contribution in [1.29, 1.82) is 0 Å². The maximum Gasteiger partial charge on any atom is 0.0548 e. The van der Waals surface area contributed by atoms with Crippen LogP contribution in [0.3, 0.4) is 0 Å². The minimum atomic E-state index is 1.16. The van der Waals surface area contributed by atoms with E-state index in [1.165, 1.54) is 108 Å². The van der Waals surface area contributed by atoms with Gasteiger partial charge in [0.25, 0.3) is 0 Å². The zero-order chi connectivity index (χ0) is 37.9. The Morgan fingerprint density at radius 2 is 0.724 bits per heavy atom. The molecular weight excluding hydrogens is 723 g/mol. The van der Waals surface area contributed by atoms with E-state index in [1.807, 2.05) is 11.3 Å². The molecule has 0 amide bonds. The minimum Gasteiger partial charge on any atom is -0.309 e. The number of aromatic nitrogens is 3. The highest BCUT2D eigenvalue weighted by atomic mass is 32.1. The lowest BCUT2D eigenvalue weighted by atomic mass is 9.99. The first-order chi connectivity index (χ1) is 28.8. The smallest absolute Gasteiger partial charge is 0.0548 e. The Bertz CT molecular complexity index is 3790. The van der Waals surface area contributed by atoms with Crippen molar-refractivity contribution < 1.29 is 0 Å². The summed E-state index contributed by atoms with van der Waals surface area (Å²) in [5.74, 6) is 0. The van der Waals surface area contributed by atoms with Crippen LogP contribution in [-0.2, 0) is 0 Å². The van der Waals surface area contributed by atoms with Gasteiger partial charge in [0.15, 0.2) is 0 Å². The summed E-state index contributed by atoms with van der Waals surface area (Å²) >= 11 is 1.88. The van der Waals surface area contributed by atoms with Gasteiger partial charge in [-0.2, -0.15) is 0 Å². The zero-order valence-corrected chi connectivity index (χ0v) is 32.1. The molecule has 9 aromatic carbocycles. The molecule has 0 fully saturated rings. The Hall–Kier alpha value is -7.40. The van der Waals surface area contributed by atoms with Crippen LogP contribution in [0.1, 0.15) is 0 Å². The first-order valence-electron chi connectivity index (χ1n) is 19.8. The molecule has 0 N–H and O–H groups in total. The van der Waals surface area contributed by atoms with Crippen LogP contribution in [0, 0.1) is 0 Å². The van der Waals surface area contributed by atoms with Gasteiger partial charge in [-0.3, -0.25) is 0 Å². The molecule has 0 aliphatic heterocycles. The van der Waals surface area contributed by atoms with Gasteiger partial charge in [-0.25, -0.2) is 0 Å². The van der Waals surface area contributed by atoms with Crippen molar-refractivity contribution in [2.24, 2.45) is 0 Å². The number of nitrogens with zero attached hydrogens (tertiary/aromatic N) is 3. The zero-order valence-electron chi connectivity index (χ0n) is 31.3.